The third kappa shape index (κ3) is 2.98. The van der Waals surface area contributed by atoms with E-state index in [2.05, 4.69) is 5.10 Å². The molecule has 2 aliphatic heterocycles. The van der Waals surface area contributed by atoms with Gasteiger partial charge in [0, 0.05) is 5.57 Å². The monoisotopic (exact) mass is 348 g/mol. The number of rotatable bonds is 1. The lowest BCUT2D eigenvalue weighted by molar-refractivity contribution is -0.137. The van der Waals surface area contributed by atoms with E-state index in [9.17, 15) is 18.4 Å². The fourth-order valence-electron chi connectivity index (χ4n) is 2.72. The second kappa shape index (κ2) is 5.63. The van der Waals surface area contributed by atoms with Crippen molar-refractivity contribution in [3.63, 3.8) is 0 Å². The Morgan fingerprint density at radius 1 is 1.32 bits per heavy atom. The molecule has 1 aromatic carbocycles. The molecule has 0 amide bonds. The van der Waals surface area contributed by atoms with Gasteiger partial charge in [0.1, 0.15) is 17.5 Å². The number of hydrazone groups is 1. The lowest BCUT2D eigenvalue weighted by Gasteiger charge is -2.34. The molecule has 0 radical (unpaired) electrons. The van der Waals surface area contributed by atoms with Crippen molar-refractivity contribution in [1.29, 1.82) is 5.26 Å². The lowest BCUT2D eigenvalue weighted by Crippen LogP contribution is -2.39. The standard InChI is InChI=1S/C17H15F3N4O/c1-16(2)7-10-11(8-21)15(22)24(23-13(10)9-25-16)14-6-4-3-5-12(14)17(18,19)20/h3-7H,9,22H2,1-2H3. The van der Waals surface area contributed by atoms with Crippen molar-refractivity contribution in [2.45, 2.75) is 25.6 Å². The number of benzene rings is 1. The van der Waals surface area contributed by atoms with Crippen molar-refractivity contribution in [2.75, 3.05) is 11.6 Å². The molecule has 0 aliphatic carbocycles. The maximum atomic E-state index is 13.3. The molecule has 1 aromatic rings. The highest BCUT2D eigenvalue weighted by molar-refractivity contribution is 6.08. The Morgan fingerprint density at radius 2 is 2.00 bits per heavy atom. The zero-order chi connectivity index (χ0) is 18.4. The molecule has 0 spiro atoms. The van der Waals surface area contributed by atoms with Crippen molar-refractivity contribution >= 4 is 11.4 Å². The average molecular weight is 348 g/mol. The van der Waals surface area contributed by atoms with E-state index in [1.165, 1.54) is 18.2 Å². The molecule has 0 saturated carbocycles. The summed E-state index contributed by atoms with van der Waals surface area (Å²) in [5.41, 5.74) is 5.20. The van der Waals surface area contributed by atoms with E-state index in [0.717, 1.165) is 11.1 Å². The van der Waals surface area contributed by atoms with E-state index < -0.39 is 17.3 Å². The minimum absolute atomic E-state index is 0.0714. The molecule has 25 heavy (non-hydrogen) atoms. The number of nitrogens with two attached hydrogens (primary N) is 1. The zero-order valence-corrected chi connectivity index (χ0v) is 13.6. The topological polar surface area (TPSA) is 74.6 Å². The van der Waals surface area contributed by atoms with Gasteiger partial charge in [-0.25, -0.2) is 5.01 Å². The quantitative estimate of drug-likeness (QED) is 0.845. The van der Waals surface area contributed by atoms with E-state index in [1.807, 2.05) is 19.9 Å². The van der Waals surface area contributed by atoms with Gasteiger partial charge in [-0.2, -0.15) is 23.5 Å². The SMILES string of the molecule is CC1(C)C=C2C(=NN(c3ccccc3C(F)(F)F)C(N)=C2C#N)CO1. The first-order chi connectivity index (χ1) is 11.6. The summed E-state index contributed by atoms with van der Waals surface area (Å²) in [6.45, 7) is 3.70. The molecular formula is C17H15F3N4O. The lowest BCUT2D eigenvalue weighted by atomic mass is 9.92. The molecule has 0 unspecified atom stereocenters. The minimum Gasteiger partial charge on any atom is -0.383 e. The van der Waals surface area contributed by atoms with Crippen molar-refractivity contribution < 1.29 is 17.9 Å². The molecule has 0 fully saturated rings. The van der Waals surface area contributed by atoms with Crippen LogP contribution in [0.5, 0.6) is 0 Å². The predicted octanol–water partition coefficient (Wildman–Crippen LogP) is 3.31. The number of para-hydroxylation sites is 1. The van der Waals surface area contributed by atoms with Crippen LogP contribution in [0.4, 0.5) is 18.9 Å². The van der Waals surface area contributed by atoms with Crippen molar-refractivity contribution in [3.8, 4) is 6.07 Å². The van der Waals surface area contributed by atoms with Gasteiger partial charge in [0.15, 0.2) is 0 Å². The Bertz CT molecular complexity index is 859. The van der Waals surface area contributed by atoms with E-state index in [4.69, 9.17) is 10.5 Å². The summed E-state index contributed by atoms with van der Waals surface area (Å²) in [5.74, 6) is -0.146. The number of nitriles is 1. The Kier molecular flexibility index (Phi) is 3.84. The number of hydrogen-bond acceptors (Lipinski definition) is 5. The zero-order valence-electron chi connectivity index (χ0n) is 13.6. The van der Waals surface area contributed by atoms with Gasteiger partial charge < -0.3 is 10.5 Å². The first kappa shape index (κ1) is 17.0. The summed E-state index contributed by atoms with van der Waals surface area (Å²) in [5, 5.41) is 14.7. The van der Waals surface area contributed by atoms with E-state index in [-0.39, 0.29) is 23.7 Å². The molecule has 5 nitrogen and oxygen atoms in total. The third-order valence-corrected chi connectivity index (χ3v) is 3.91. The second-order valence-corrected chi connectivity index (χ2v) is 6.20. The molecule has 130 valence electrons. The van der Waals surface area contributed by atoms with Crippen LogP contribution in [0.25, 0.3) is 0 Å². The maximum absolute atomic E-state index is 13.3. The maximum Gasteiger partial charge on any atom is 0.418 e. The molecule has 0 aromatic heterocycles. The van der Waals surface area contributed by atoms with Crippen molar-refractivity contribution in [3.05, 3.63) is 52.9 Å². The number of anilines is 1. The van der Waals surface area contributed by atoms with Crippen LogP contribution in [0.3, 0.4) is 0 Å². The van der Waals surface area contributed by atoms with Gasteiger partial charge in [0.05, 0.1) is 29.2 Å². The van der Waals surface area contributed by atoms with Crippen LogP contribution in [0.2, 0.25) is 0 Å². The number of hydrogen-bond donors (Lipinski definition) is 1. The van der Waals surface area contributed by atoms with Gasteiger partial charge in [-0.1, -0.05) is 12.1 Å². The highest BCUT2D eigenvalue weighted by atomic mass is 19.4. The van der Waals surface area contributed by atoms with Crippen LogP contribution < -0.4 is 10.7 Å². The van der Waals surface area contributed by atoms with Crippen molar-refractivity contribution in [1.82, 2.24) is 0 Å². The molecule has 2 aliphatic rings. The van der Waals surface area contributed by atoms with Crippen LogP contribution in [0.1, 0.15) is 19.4 Å². The normalized spacial score (nSPS) is 19.8. The molecule has 3 rings (SSSR count). The number of fused-ring (bicyclic) bond motifs is 1. The van der Waals surface area contributed by atoms with Crippen LogP contribution in [0, 0.1) is 11.3 Å². The number of ether oxygens (including phenoxy) is 1. The number of halogens is 3. The first-order valence-electron chi connectivity index (χ1n) is 7.45. The second-order valence-electron chi connectivity index (χ2n) is 6.20. The number of allylic oxidation sites excluding steroid dienone is 1. The van der Waals surface area contributed by atoms with E-state index in [0.29, 0.717) is 11.3 Å². The first-order valence-corrected chi connectivity index (χ1v) is 7.45. The third-order valence-electron chi connectivity index (χ3n) is 3.91. The smallest absolute Gasteiger partial charge is 0.383 e. The molecule has 2 heterocycles. The van der Waals surface area contributed by atoms with Gasteiger partial charge in [-0.15, -0.1) is 0 Å². The Labute approximate surface area is 142 Å². The van der Waals surface area contributed by atoms with Gasteiger partial charge in [0.2, 0.25) is 0 Å². The Morgan fingerprint density at radius 3 is 2.64 bits per heavy atom. The summed E-state index contributed by atoms with van der Waals surface area (Å²) < 4.78 is 45.5. The van der Waals surface area contributed by atoms with Gasteiger partial charge >= 0.3 is 6.18 Å². The summed E-state index contributed by atoms with van der Waals surface area (Å²) in [6, 6.07) is 6.92. The largest absolute Gasteiger partial charge is 0.418 e. The number of nitrogens with zero attached hydrogens (tertiary/aromatic N) is 3. The van der Waals surface area contributed by atoms with Crippen LogP contribution in [-0.2, 0) is 10.9 Å². The van der Waals surface area contributed by atoms with Gasteiger partial charge in [-0.05, 0) is 32.1 Å². The minimum atomic E-state index is -4.58. The summed E-state index contributed by atoms with van der Waals surface area (Å²) in [6.07, 6.45) is -2.88. The molecule has 0 bridgehead atoms. The average Bonchev–Trinajstić information content (AvgIpc) is 2.53. The fourth-order valence-corrected chi connectivity index (χ4v) is 2.72. The molecule has 0 saturated heterocycles. The summed E-state index contributed by atoms with van der Waals surface area (Å²) in [4.78, 5) is 0. The van der Waals surface area contributed by atoms with E-state index in [1.54, 1.807) is 6.08 Å². The van der Waals surface area contributed by atoms with E-state index >= 15 is 0 Å². The molecule has 8 heteroatoms. The number of alkyl halides is 3. The van der Waals surface area contributed by atoms with Gasteiger partial charge in [0.25, 0.3) is 0 Å². The summed E-state index contributed by atoms with van der Waals surface area (Å²) in [7, 11) is 0. The predicted molar refractivity (Wildman–Crippen MR) is 86.3 cm³/mol. The molecular weight excluding hydrogens is 333 g/mol. The fraction of sp³-hybridized carbons (Fsp3) is 0.294. The molecule has 0 atom stereocenters. The van der Waals surface area contributed by atoms with Gasteiger partial charge in [-0.3, -0.25) is 0 Å². The molecule has 2 N–H and O–H groups in total. The van der Waals surface area contributed by atoms with Crippen LogP contribution >= 0.6 is 0 Å². The van der Waals surface area contributed by atoms with Crippen LogP contribution in [0.15, 0.2) is 52.4 Å². The highest BCUT2D eigenvalue weighted by Crippen LogP contribution is 2.39. The Balaban J connectivity index is 2.19. The van der Waals surface area contributed by atoms with Crippen molar-refractivity contribution in [2.24, 2.45) is 10.8 Å². The summed E-state index contributed by atoms with van der Waals surface area (Å²) >= 11 is 0. The Hall–Kier alpha value is -2.79. The van der Waals surface area contributed by atoms with Crippen LogP contribution in [-0.4, -0.2) is 17.9 Å². The highest BCUT2D eigenvalue weighted by Gasteiger charge is 2.38.